The van der Waals surface area contributed by atoms with Crippen LogP contribution >= 0.6 is 45.3 Å². The van der Waals surface area contributed by atoms with E-state index in [0.717, 1.165) is 22.1 Å². The minimum absolute atomic E-state index is 0.00483. The molecule has 0 atom stereocenters. The van der Waals surface area contributed by atoms with Gasteiger partial charge in [0.25, 0.3) is 0 Å². The van der Waals surface area contributed by atoms with Crippen LogP contribution in [0.25, 0.3) is 195 Å². The van der Waals surface area contributed by atoms with Gasteiger partial charge in [-0.1, -0.05) is 250 Å². The number of nitrogens with zero attached hydrogens (tertiary/aromatic N) is 8. The van der Waals surface area contributed by atoms with Crippen LogP contribution in [0.5, 0.6) is 0 Å². The third-order valence-corrected chi connectivity index (χ3v) is 31.0. The van der Waals surface area contributed by atoms with E-state index in [2.05, 4.69) is 409 Å². The topological polar surface area (TPSA) is 71.3 Å². The van der Waals surface area contributed by atoms with Crippen molar-refractivity contribution >= 4 is 173 Å². The van der Waals surface area contributed by atoms with Crippen molar-refractivity contribution in [1.82, 2.24) is 38.2 Å². The highest BCUT2D eigenvalue weighted by atomic mass is 32.1. The molecule has 0 radical (unpaired) electrons. The largest absolute Gasteiger partial charge is 0.309 e. The Morgan fingerprint density at radius 3 is 1.09 bits per heavy atom. The fourth-order valence-electron chi connectivity index (χ4n) is 22.0. The molecule has 0 spiro atoms. The van der Waals surface area contributed by atoms with Gasteiger partial charge in [0.1, 0.15) is 0 Å². The number of fused-ring (bicyclic) bond motifs is 31. The predicted octanol–water partition coefficient (Wildman–Crippen LogP) is 30.8. The molecule has 0 saturated heterocycles. The van der Waals surface area contributed by atoms with Gasteiger partial charge >= 0.3 is 0 Å². The van der Waals surface area contributed by atoms with Crippen LogP contribution in [0.4, 0.5) is 0 Å². The first-order valence-electron chi connectivity index (χ1n) is 42.6. The van der Waals surface area contributed by atoms with Gasteiger partial charge in [0.2, 0.25) is 0 Å². The van der Waals surface area contributed by atoms with Crippen molar-refractivity contribution in [3.63, 3.8) is 0 Å². The Hall–Kier alpha value is -13.7. The Labute approximate surface area is 732 Å². The first kappa shape index (κ1) is 73.0. The molecule has 0 aliphatic heterocycles. The molecule has 8 aromatic heterocycles. The highest BCUT2D eigenvalue weighted by molar-refractivity contribution is 7.17. The van der Waals surface area contributed by atoms with Gasteiger partial charge < -0.3 is 18.3 Å². The van der Waals surface area contributed by atoms with Gasteiger partial charge in [-0.25, -0.2) is 19.9 Å². The molecule has 12 heteroatoms. The Balaban J connectivity index is 0.0000000906. The molecular weight excluding hydrogens is 1590 g/mol. The van der Waals surface area contributed by atoms with E-state index in [-0.39, 0.29) is 21.7 Å². The first-order chi connectivity index (χ1) is 60.6. The summed E-state index contributed by atoms with van der Waals surface area (Å²) >= 11 is 6.79. The molecule has 0 N–H and O–H groups in total. The van der Waals surface area contributed by atoms with Crippen LogP contribution < -0.4 is 0 Å². The maximum Gasteiger partial charge on any atom is 0.0813 e. The Bertz CT molecular complexity index is 8560. The van der Waals surface area contributed by atoms with E-state index in [1.165, 1.54) is 218 Å². The van der Waals surface area contributed by atoms with E-state index >= 15 is 0 Å². The number of hydrogen-bond donors (Lipinski definition) is 0. The van der Waals surface area contributed by atoms with E-state index in [4.69, 9.17) is 0 Å². The summed E-state index contributed by atoms with van der Waals surface area (Å²) in [5.41, 5.74) is 49.1. The zero-order valence-electron chi connectivity index (χ0n) is 69.5. The molecule has 0 unspecified atom stereocenters. The van der Waals surface area contributed by atoms with Crippen molar-refractivity contribution in [2.45, 2.75) is 77.0 Å². The van der Waals surface area contributed by atoms with Crippen LogP contribution in [0.1, 0.15) is 99.9 Å². The number of para-hydroxylation sites is 4. The highest BCUT2D eigenvalue weighted by Crippen LogP contribution is 2.58. The zero-order valence-corrected chi connectivity index (χ0v) is 72.8. The summed E-state index contributed by atoms with van der Waals surface area (Å²) < 4.78 is 14.6. The SMILES string of the molecule is CC1(C)c2ccccc2-c2c1ccc1c2c2ccccc2n1-c1ccc2ncsc2c1.CC1(C)c2ccccc2-c2c1ccc1c3ccccc3n(-c3ccc4ncsc4c3)c21.CC1(C)c2ccccc2-c2cc3c4ccccc4n(-c4ccc5ncsc5c4)c3cc21.CC1(C)c2ccccc2-c2ccc3c(c21)c1ccccc1n3-c1ccc2ncsc2c1. The van der Waals surface area contributed by atoms with Crippen molar-refractivity contribution in [1.29, 1.82) is 0 Å². The molecule has 24 aromatic rings. The molecule has 0 fully saturated rings. The fraction of sp³-hybridized carbons (Fsp3) is 0.107. The Morgan fingerprint density at radius 2 is 0.573 bits per heavy atom. The second-order valence-corrected chi connectivity index (χ2v) is 39.2. The lowest BCUT2D eigenvalue weighted by Gasteiger charge is -2.22. The first-order valence-corrected chi connectivity index (χ1v) is 46.1. The van der Waals surface area contributed by atoms with Crippen molar-refractivity contribution in [2.24, 2.45) is 0 Å². The standard InChI is InChI=1S/4C28H20N2S/c1-28(2)21-9-5-3-8-20(21)26-22(28)13-12-19-18-7-4-6-10-24(18)30(27(19)26)17-11-14-23-25(15-17)31-16-29-23;1-28(2)21-9-5-3-7-18(21)19-12-14-24-26(27(19)28)20-8-4-6-10-23(20)30(24)17-11-13-22-25(15-17)31-16-29-22;1-28(2)20-9-5-3-7-18(20)26-21(28)12-14-24-27(26)19-8-4-6-10-23(19)30(24)17-11-13-22-25(15-17)31-16-29-22;1-28(2)22-9-5-3-7-18(22)20-14-21-19-8-4-6-10-25(19)30(26(21)15-23(20)28)17-11-12-24-27(13-17)31-16-29-24/h4*3-16H,1-2H3. The van der Waals surface area contributed by atoms with Gasteiger partial charge in [0.05, 0.1) is 107 Å². The Kier molecular flexibility index (Phi) is 15.8. The normalized spacial score (nSPS) is 14.4. The van der Waals surface area contributed by atoms with E-state index < -0.39 is 0 Å². The minimum atomic E-state index is -0.0397. The average molecular weight is 1670 g/mol. The monoisotopic (exact) mass is 1660 g/mol. The quantitative estimate of drug-likeness (QED) is 0.176. The lowest BCUT2D eigenvalue weighted by molar-refractivity contribution is 0.660. The molecule has 0 bridgehead atoms. The van der Waals surface area contributed by atoms with Gasteiger partial charge in [-0.3, -0.25) is 0 Å². The second-order valence-electron chi connectivity index (χ2n) is 35.7. The van der Waals surface area contributed by atoms with Crippen LogP contribution in [-0.2, 0) is 21.7 Å². The summed E-state index contributed by atoms with van der Waals surface area (Å²) in [4.78, 5) is 17.9. The van der Waals surface area contributed by atoms with Crippen LogP contribution in [0.2, 0.25) is 0 Å². The van der Waals surface area contributed by atoms with Gasteiger partial charge in [-0.05, 0) is 205 Å². The highest BCUT2D eigenvalue weighted by Gasteiger charge is 2.42. The fourth-order valence-corrected chi connectivity index (χ4v) is 24.9. The summed E-state index contributed by atoms with van der Waals surface area (Å²) in [6, 6.07) is 116. The molecule has 124 heavy (non-hydrogen) atoms. The van der Waals surface area contributed by atoms with E-state index in [9.17, 15) is 0 Å². The molecule has 4 aliphatic carbocycles. The van der Waals surface area contributed by atoms with E-state index in [1.54, 1.807) is 45.3 Å². The zero-order chi connectivity index (χ0) is 83.0. The maximum absolute atomic E-state index is 4.48. The van der Waals surface area contributed by atoms with Crippen LogP contribution in [0.15, 0.2) is 337 Å². The summed E-state index contributed by atoms with van der Waals surface area (Å²) in [6.45, 7) is 18.8. The molecule has 16 aromatic carbocycles. The van der Waals surface area contributed by atoms with Gasteiger partial charge in [0, 0.05) is 93.1 Å². The number of hydrogen-bond acceptors (Lipinski definition) is 8. The van der Waals surface area contributed by atoms with Crippen molar-refractivity contribution in [3.05, 3.63) is 382 Å². The van der Waals surface area contributed by atoms with Gasteiger partial charge in [-0.15, -0.1) is 45.3 Å². The molecule has 8 nitrogen and oxygen atoms in total. The molecule has 4 aliphatic rings. The van der Waals surface area contributed by atoms with Crippen LogP contribution in [-0.4, -0.2) is 38.2 Å². The summed E-state index contributed by atoms with van der Waals surface area (Å²) in [5.74, 6) is 0. The molecule has 8 heterocycles. The molecule has 0 amide bonds. The van der Waals surface area contributed by atoms with Crippen molar-refractivity contribution in [3.8, 4) is 67.3 Å². The van der Waals surface area contributed by atoms with E-state index in [0.29, 0.717) is 0 Å². The molecule has 28 rings (SSSR count). The minimum Gasteiger partial charge on any atom is -0.309 e. The number of rotatable bonds is 4. The summed E-state index contributed by atoms with van der Waals surface area (Å²) in [6.07, 6.45) is 0. The van der Waals surface area contributed by atoms with Gasteiger partial charge in [-0.2, -0.15) is 0 Å². The van der Waals surface area contributed by atoms with Crippen molar-refractivity contribution in [2.75, 3.05) is 0 Å². The molecule has 0 saturated carbocycles. The number of aromatic nitrogens is 8. The molecular formula is C112H80N8S4. The lowest BCUT2D eigenvalue weighted by Crippen LogP contribution is -2.15. The maximum atomic E-state index is 4.48. The third kappa shape index (κ3) is 10.5. The van der Waals surface area contributed by atoms with Gasteiger partial charge in [0.15, 0.2) is 0 Å². The van der Waals surface area contributed by atoms with Crippen molar-refractivity contribution < 1.29 is 0 Å². The smallest absolute Gasteiger partial charge is 0.0813 e. The second kappa shape index (κ2) is 26.9. The molecule has 592 valence electrons. The predicted molar refractivity (Wildman–Crippen MR) is 526 cm³/mol. The lowest BCUT2D eigenvalue weighted by atomic mass is 9.80. The van der Waals surface area contributed by atoms with E-state index in [1.807, 2.05) is 22.0 Å². The Morgan fingerprint density at radius 1 is 0.218 bits per heavy atom. The summed E-state index contributed by atoms with van der Waals surface area (Å²) in [5, 5.41) is 10.6. The summed E-state index contributed by atoms with van der Waals surface area (Å²) in [7, 11) is 0. The average Bonchev–Trinajstić information content (AvgIpc) is 1.56. The van der Waals surface area contributed by atoms with Crippen LogP contribution in [0, 0.1) is 0 Å². The number of benzene rings is 16. The number of thiazole rings is 4. The third-order valence-electron chi connectivity index (χ3n) is 27.8. The van der Waals surface area contributed by atoms with Crippen LogP contribution in [0.3, 0.4) is 0 Å².